The summed E-state index contributed by atoms with van der Waals surface area (Å²) in [5.74, 6) is 0.680. The van der Waals surface area contributed by atoms with Crippen molar-refractivity contribution in [2.45, 2.75) is 57.8 Å². The molecule has 0 amide bonds. The van der Waals surface area contributed by atoms with E-state index >= 15 is 0 Å². The Morgan fingerprint density at radius 3 is 2.13 bits per heavy atom. The molecular formula is C16H27BN4O2. The first-order valence-corrected chi connectivity index (χ1v) is 8.39. The van der Waals surface area contributed by atoms with Crippen LogP contribution in [0, 0.1) is 0 Å². The molecule has 1 aromatic rings. The summed E-state index contributed by atoms with van der Waals surface area (Å²) in [6, 6.07) is 0.453. The Balaban J connectivity index is 1.62. The molecular weight excluding hydrogens is 291 g/mol. The zero-order valence-corrected chi connectivity index (χ0v) is 14.8. The molecule has 2 saturated heterocycles. The summed E-state index contributed by atoms with van der Waals surface area (Å²) < 4.78 is 12.0. The van der Waals surface area contributed by atoms with Crippen LogP contribution in [0.2, 0.25) is 0 Å². The Kier molecular flexibility index (Phi) is 4.38. The normalized spacial score (nSPS) is 24.8. The molecule has 0 aromatic carbocycles. The fourth-order valence-electron chi connectivity index (χ4n) is 2.85. The lowest BCUT2D eigenvalue weighted by Crippen LogP contribution is -2.41. The number of hydrogen-bond donors (Lipinski definition) is 1. The number of hydrogen-bond acceptors (Lipinski definition) is 6. The number of likely N-dealkylation sites (tertiary alicyclic amines) is 1. The van der Waals surface area contributed by atoms with Crippen molar-refractivity contribution in [1.29, 1.82) is 0 Å². The molecule has 0 aliphatic carbocycles. The van der Waals surface area contributed by atoms with E-state index < -0.39 is 7.12 Å². The number of nitrogens with one attached hydrogen (secondary N) is 1. The first kappa shape index (κ1) is 16.7. The third-order valence-electron chi connectivity index (χ3n) is 5.25. The van der Waals surface area contributed by atoms with E-state index in [2.05, 4.69) is 27.2 Å². The molecule has 23 heavy (non-hydrogen) atoms. The minimum atomic E-state index is -0.405. The predicted molar refractivity (Wildman–Crippen MR) is 91.9 cm³/mol. The van der Waals surface area contributed by atoms with Crippen LogP contribution in [0.4, 0.5) is 5.95 Å². The maximum atomic E-state index is 6.02. The molecule has 7 heteroatoms. The smallest absolute Gasteiger partial charge is 0.399 e. The Bertz CT molecular complexity index is 526. The van der Waals surface area contributed by atoms with Crippen molar-refractivity contribution in [3.05, 3.63) is 12.4 Å². The largest absolute Gasteiger partial charge is 0.498 e. The SMILES string of the molecule is CN1CCC(Nc2ncc(B3OC(C)(C)C(C)(C)O3)cn2)CC1. The molecule has 0 saturated carbocycles. The van der Waals surface area contributed by atoms with E-state index in [1.807, 2.05) is 27.7 Å². The lowest BCUT2D eigenvalue weighted by molar-refractivity contribution is 0.00578. The molecule has 2 aliphatic rings. The topological polar surface area (TPSA) is 59.5 Å². The van der Waals surface area contributed by atoms with E-state index in [0.29, 0.717) is 12.0 Å². The highest BCUT2D eigenvalue weighted by Gasteiger charge is 2.51. The summed E-state index contributed by atoms with van der Waals surface area (Å²) in [5, 5.41) is 3.42. The van der Waals surface area contributed by atoms with E-state index in [0.717, 1.165) is 31.4 Å². The van der Waals surface area contributed by atoms with Crippen LogP contribution in [-0.4, -0.2) is 59.4 Å². The molecule has 0 radical (unpaired) electrons. The maximum Gasteiger partial charge on any atom is 0.498 e. The third-order valence-corrected chi connectivity index (χ3v) is 5.25. The second kappa shape index (κ2) is 6.04. The summed E-state index contributed by atoms with van der Waals surface area (Å²) in [4.78, 5) is 11.2. The van der Waals surface area contributed by atoms with Crippen LogP contribution < -0.4 is 10.8 Å². The fourth-order valence-corrected chi connectivity index (χ4v) is 2.85. The van der Waals surface area contributed by atoms with Crippen molar-refractivity contribution in [1.82, 2.24) is 14.9 Å². The Hall–Kier alpha value is -1.18. The Morgan fingerprint density at radius 2 is 1.61 bits per heavy atom. The van der Waals surface area contributed by atoms with Gasteiger partial charge in [-0.2, -0.15) is 0 Å². The molecule has 0 unspecified atom stereocenters. The van der Waals surface area contributed by atoms with Gasteiger partial charge >= 0.3 is 7.12 Å². The van der Waals surface area contributed by atoms with Crippen LogP contribution in [0.5, 0.6) is 0 Å². The summed E-state index contributed by atoms with van der Waals surface area (Å²) in [5.41, 5.74) is 0.170. The number of nitrogens with zero attached hydrogens (tertiary/aromatic N) is 3. The van der Waals surface area contributed by atoms with Crippen molar-refractivity contribution < 1.29 is 9.31 Å². The monoisotopic (exact) mass is 318 g/mol. The minimum absolute atomic E-state index is 0.345. The van der Waals surface area contributed by atoms with Gasteiger partial charge in [0, 0.05) is 23.9 Å². The van der Waals surface area contributed by atoms with Crippen LogP contribution in [0.25, 0.3) is 0 Å². The van der Waals surface area contributed by atoms with Gasteiger partial charge in [0.2, 0.25) is 5.95 Å². The van der Waals surface area contributed by atoms with Gasteiger partial charge in [0.25, 0.3) is 0 Å². The minimum Gasteiger partial charge on any atom is -0.399 e. The van der Waals surface area contributed by atoms with Gasteiger partial charge in [0.05, 0.1) is 11.2 Å². The standard InChI is InChI=1S/C16H27BN4O2/c1-15(2)16(3,4)23-17(22-15)12-10-18-14(19-11-12)20-13-6-8-21(5)9-7-13/h10-11,13H,6-9H2,1-5H3,(H,18,19,20). The predicted octanol–water partition coefficient (Wildman–Crippen LogP) is 1.28. The van der Waals surface area contributed by atoms with Crippen LogP contribution in [0.1, 0.15) is 40.5 Å². The van der Waals surface area contributed by atoms with Gasteiger partial charge in [-0.05, 0) is 60.7 Å². The molecule has 3 rings (SSSR count). The molecule has 1 N–H and O–H groups in total. The molecule has 0 spiro atoms. The van der Waals surface area contributed by atoms with Gasteiger partial charge in [0.15, 0.2) is 0 Å². The van der Waals surface area contributed by atoms with Crippen LogP contribution >= 0.6 is 0 Å². The highest BCUT2D eigenvalue weighted by molar-refractivity contribution is 6.61. The van der Waals surface area contributed by atoms with Gasteiger partial charge in [-0.15, -0.1) is 0 Å². The third kappa shape index (κ3) is 3.51. The second-order valence-corrected chi connectivity index (χ2v) is 7.65. The van der Waals surface area contributed by atoms with Crippen LogP contribution in [0.3, 0.4) is 0 Å². The van der Waals surface area contributed by atoms with E-state index in [1.165, 1.54) is 0 Å². The van der Waals surface area contributed by atoms with Crippen molar-refractivity contribution in [2.24, 2.45) is 0 Å². The molecule has 2 aliphatic heterocycles. The first-order valence-electron chi connectivity index (χ1n) is 8.39. The molecule has 126 valence electrons. The summed E-state index contributed by atoms with van der Waals surface area (Å²) in [6.07, 6.45) is 5.84. The molecule has 6 nitrogen and oxygen atoms in total. The quantitative estimate of drug-likeness (QED) is 0.848. The van der Waals surface area contributed by atoms with Gasteiger partial charge in [-0.1, -0.05) is 0 Å². The van der Waals surface area contributed by atoms with Gasteiger partial charge in [0.1, 0.15) is 0 Å². The number of rotatable bonds is 3. The van der Waals surface area contributed by atoms with E-state index in [4.69, 9.17) is 9.31 Å². The summed E-state index contributed by atoms with van der Waals surface area (Å²) in [6.45, 7) is 10.4. The molecule has 1 aromatic heterocycles. The maximum absolute atomic E-state index is 6.02. The molecule has 3 heterocycles. The van der Waals surface area contributed by atoms with Crippen molar-refractivity contribution >= 4 is 18.5 Å². The molecule has 2 fully saturated rings. The van der Waals surface area contributed by atoms with Crippen molar-refractivity contribution in [2.75, 3.05) is 25.5 Å². The van der Waals surface area contributed by atoms with Gasteiger partial charge in [-0.3, -0.25) is 0 Å². The van der Waals surface area contributed by atoms with Gasteiger partial charge in [-0.25, -0.2) is 9.97 Å². The Labute approximate surface area is 139 Å². The van der Waals surface area contributed by atoms with E-state index in [1.54, 1.807) is 12.4 Å². The van der Waals surface area contributed by atoms with E-state index in [-0.39, 0.29) is 11.2 Å². The van der Waals surface area contributed by atoms with Gasteiger partial charge < -0.3 is 19.5 Å². The Morgan fingerprint density at radius 1 is 1.09 bits per heavy atom. The average molecular weight is 318 g/mol. The molecule has 0 bridgehead atoms. The van der Waals surface area contributed by atoms with Crippen molar-refractivity contribution in [3.63, 3.8) is 0 Å². The lowest BCUT2D eigenvalue weighted by atomic mass is 9.81. The average Bonchev–Trinajstić information content (AvgIpc) is 2.71. The number of piperidine rings is 1. The highest BCUT2D eigenvalue weighted by Crippen LogP contribution is 2.36. The fraction of sp³-hybridized carbons (Fsp3) is 0.750. The molecule has 0 atom stereocenters. The van der Waals surface area contributed by atoms with Crippen LogP contribution in [-0.2, 0) is 9.31 Å². The zero-order valence-electron chi connectivity index (χ0n) is 14.8. The summed E-state index contributed by atoms with van der Waals surface area (Å²) in [7, 11) is 1.75. The second-order valence-electron chi connectivity index (χ2n) is 7.65. The first-order chi connectivity index (χ1) is 10.8. The lowest BCUT2D eigenvalue weighted by Gasteiger charge is -2.32. The van der Waals surface area contributed by atoms with Crippen LogP contribution in [0.15, 0.2) is 12.4 Å². The number of aromatic nitrogens is 2. The van der Waals surface area contributed by atoms with E-state index in [9.17, 15) is 0 Å². The summed E-state index contributed by atoms with van der Waals surface area (Å²) >= 11 is 0. The van der Waals surface area contributed by atoms with Crippen molar-refractivity contribution in [3.8, 4) is 0 Å². The zero-order chi connectivity index (χ0) is 16.7. The number of anilines is 1. The highest BCUT2D eigenvalue weighted by atomic mass is 16.7.